The van der Waals surface area contributed by atoms with Crippen LogP contribution in [0, 0.1) is 0 Å². The number of benzene rings is 7. The number of rotatable bonds is 4. The maximum Gasteiger partial charge on any atom is 0.145 e. The van der Waals surface area contributed by atoms with Crippen molar-refractivity contribution in [1.29, 1.82) is 0 Å². The maximum atomic E-state index is 5.21. The average molecular weight is 674 g/mol. The maximum absolute atomic E-state index is 5.21. The minimum atomic E-state index is 0.0385. The van der Waals surface area contributed by atoms with Gasteiger partial charge in [0.25, 0.3) is 0 Å². The van der Waals surface area contributed by atoms with Crippen molar-refractivity contribution < 1.29 is 0 Å². The number of nitrogens with zero attached hydrogens (tertiary/aromatic N) is 3. The van der Waals surface area contributed by atoms with E-state index in [9.17, 15) is 0 Å². The quantitative estimate of drug-likeness (QED) is 0.182. The van der Waals surface area contributed by atoms with Crippen LogP contribution in [0.25, 0.3) is 86.9 Å². The van der Waals surface area contributed by atoms with Crippen LogP contribution in [0.3, 0.4) is 0 Å². The highest BCUT2D eigenvalue weighted by atomic mass is 32.1. The summed E-state index contributed by atoms with van der Waals surface area (Å²) < 4.78 is 7.37. The van der Waals surface area contributed by atoms with Gasteiger partial charge in [-0.05, 0) is 94.9 Å². The Hall–Kier alpha value is -5.97. The normalized spacial score (nSPS) is 12.2. The van der Waals surface area contributed by atoms with Crippen molar-refractivity contribution in [1.82, 2.24) is 14.1 Å². The standard InChI is InChI=1S/C47H35N3S/c1-47(2,3)32-23-26-40-43(29-32)50(33-12-5-4-6-13-33)46(48-40)30-20-24-34(25-21-30)49-41-18-9-7-14-36(41)39-28-31(22-27-42(39)49)35-16-11-17-38-37-15-8-10-19-44(37)51-45(35)38/h4-29H,1-3H3. The van der Waals surface area contributed by atoms with Crippen molar-refractivity contribution in [2.75, 3.05) is 0 Å². The number of thiophene rings is 1. The minimum absolute atomic E-state index is 0.0385. The number of fused-ring (bicyclic) bond motifs is 7. The highest BCUT2D eigenvalue weighted by Crippen LogP contribution is 2.42. The summed E-state index contributed by atoms with van der Waals surface area (Å²) in [5.74, 6) is 0.941. The van der Waals surface area contributed by atoms with E-state index in [2.05, 4.69) is 188 Å². The first-order valence-electron chi connectivity index (χ1n) is 17.6. The Kier molecular flexibility index (Phi) is 6.61. The summed E-state index contributed by atoms with van der Waals surface area (Å²) in [5, 5.41) is 5.16. The second-order valence-electron chi connectivity index (χ2n) is 14.5. The van der Waals surface area contributed by atoms with E-state index in [1.54, 1.807) is 0 Å². The van der Waals surface area contributed by atoms with Gasteiger partial charge in [-0.15, -0.1) is 11.3 Å². The molecule has 4 heteroatoms. The van der Waals surface area contributed by atoms with E-state index >= 15 is 0 Å². The van der Waals surface area contributed by atoms with Gasteiger partial charge in [-0.3, -0.25) is 4.57 Å². The van der Waals surface area contributed by atoms with Gasteiger partial charge in [-0.25, -0.2) is 4.98 Å². The molecule has 0 aliphatic heterocycles. The molecule has 3 aromatic heterocycles. The highest BCUT2D eigenvalue weighted by molar-refractivity contribution is 7.26. The monoisotopic (exact) mass is 673 g/mol. The molecular formula is C47H35N3S. The number of hydrogen-bond acceptors (Lipinski definition) is 2. The fraction of sp³-hybridized carbons (Fsp3) is 0.0851. The molecule has 51 heavy (non-hydrogen) atoms. The van der Waals surface area contributed by atoms with Gasteiger partial charge in [0.2, 0.25) is 0 Å². The lowest BCUT2D eigenvalue weighted by Crippen LogP contribution is -2.10. The van der Waals surface area contributed by atoms with Crippen LogP contribution in [0.4, 0.5) is 0 Å². The summed E-state index contributed by atoms with van der Waals surface area (Å²) in [7, 11) is 0. The first-order chi connectivity index (χ1) is 24.9. The Morgan fingerprint density at radius 3 is 2.00 bits per heavy atom. The fourth-order valence-electron chi connectivity index (χ4n) is 7.73. The molecule has 0 radical (unpaired) electrons. The third-order valence-electron chi connectivity index (χ3n) is 10.3. The van der Waals surface area contributed by atoms with E-state index < -0.39 is 0 Å². The molecule has 0 amide bonds. The second-order valence-corrected chi connectivity index (χ2v) is 15.5. The number of imidazole rings is 1. The third kappa shape index (κ3) is 4.75. The molecule has 0 N–H and O–H groups in total. The van der Waals surface area contributed by atoms with Crippen LogP contribution in [0.15, 0.2) is 158 Å². The number of hydrogen-bond donors (Lipinski definition) is 0. The van der Waals surface area contributed by atoms with Crippen molar-refractivity contribution in [2.45, 2.75) is 26.2 Å². The molecule has 0 aliphatic carbocycles. The molecule has 0 atom stereocenters. The Morgan fingerprint density at radius 2 is 1.18 bits per heavy atom. The topological polar surface area (TPSA) is 22.8 Å². The Morgan fingerprint density at radius 1 is 0.490 bits per heavy atom. The van der Waals surface area contributed by atoms with Crippen molar-refractivity contribution in [3.63, 3.8) is 0 Å². The van der Waals surface area contributed by atoms with Gasteiger partial charge < -0.3 is 4.57 Å². The van der Waals surface area contributed by atoms with Gasteiger partial charge in [0, 0.05) is 47.9 Å². The van der Waals surface area contributed by atoms with E-state index in [-0.39, 0.29) is 5.41 Å². The third-order valence-corrected chi connectivity index (χ3v) is 11.5. The van der Waals surface area contributed by atoms with Crippen molar-refractivity contribution >= 4 is 64.3 Å². The summed E-state index contributed by atoms with van der Waals surface area (Å²) in [4.78, 5) is 5.21. The summed E-state index contributed by atoms with van der Waals surface area (Å²) in [5.41, 5.74) is 11.7. The van der Waals surface area contributed by atoms with Crippen LogP contribution in [0.5, 0.6) is 0 Å². The highest BCUT2D eigenvalue weighted by Gasteiger charge is 2.20. The predicted octanol–water partition coefficient (Wildman–Crippen LogP) is 13.1. The van der Waals surface area contributed by atoms with E-state index in [0.29, 0.717) is 0 Å². The molecule has 3 nitrogen and oxygen atoms in total. The zero-order valence-corrected chi connectivity index (χ0v) is 29.6. The first-order valence-corrected chi connectivity index (χ1v) is 18.4. The van der Waals surface area contributed by atoms with Crippen LogP contribution < -0.4 is 0 Å². The Balaban J connectivity index is 1.11. The van der Waals surface area contributed by atoms with Crippen molar-refractivity contribution in [3.05, 3.63) is 163 Å². The van der Waals surface area contributed by atoms with Crippen LogP contribution in [-0.2, 0) is 5.41 Å². The second kappa shape index (κ2) is 11.3. The van der Waals surface area contributed by atoms with E-state index in [4.69, 9.17) is 4.98 Å². The molecule has 0 aliphatic rings. The van der Waals surface area contributed by atoms with Gasteiger partial charge in [0.05, 0.1) is 22.1 Å². The van der Waals surface area contributed by atoms with Crippen LogP contribution in [-0.4, -0.2) is 14.1 Å². The summed E-state index contributed by atoms with van der Waals surface area (Å²) in [6.07, 6.45) is 0. The smallest absolute Gasteiger partial charge is 0.145 e. The van der Waals surface area contributed by atoms with Gasteiger partial charge >= 0.3 is 0 Å². The summed E-state index contributed by atoms with van der Waals surface area (Å²) >= 11 is 1.88. The molecule has 0 saturated carbocycles. The largest absolute Gasteiger partial charge is 0.309 e. The number of aromatic nitrogens is 3. The van der Waals surface area contributed by atoms with Gasteiger partial charge in [-0.1, -0.05) is 106 Å². The number of para-hydroxylation sites is 2. The molecule has 0 bridgehead atoms. The zero-order chi connectivity index (χ0) is 34.3. The lowest BCUT2D eigenvalue weighted by Gasteiger charge is -2.19. The molecule has 3 heterocycles. The molecule has 244 valence electrons. The minimum Gasteiger partial charge on any atom is -0.309 e. The lowest BCUT2D eigenvalue weighted by molar-refractivity contribution is 0.591. The van der Waals surface area contributed by atoms with E-state index in [1.165, 1.54) is 58.7 Å². The predicted molar refractivity (Wildman–Crippen MR) is 218 cm³/mol. The van der Waals surface area contributed by atoms with Crippen molar-refractivity contribution in [3.8, 4) is 33.9 Å². The molecule has 10 aromatic rings. The Bertz CT molecular complexity index is 2930. The molecule has 0 saturated heterocycles. The lowest BCUT2D eigenvalue weighted by atomic mass is 9.87. The summed E-state index contributed by atoms with van der Waals surface area (Å²) in [6, 6.07) is 57.4. The molecule has 10 rings (SSSR count). The van der Waals surface area contributed by atoms with E-state index in [0.717, 1.165) is 33.8 Å². The SMILES string of the molecule is CC(C)(C)c1ccc2nc(-c3ccc(-n4c5ccccc5c5cc(-c6cccc7c6sc6ccccc67)ccc54)cc3)n(-c3ccccc3)c2c1. The van der Waals surface area contributed by atoms with Crippen LogP contribution in [0.2, 0.25) is 0 Å². The average Bonchev–Trinajstić information content (AvgIpc) is 3.84. The molecule has 0 unspecified atom stereocenters. The summed E-state index contributed by atoms with van der Waals surface area (Å²) in [6.45, 7) is 6.79. The zero-order valence-electron chi connectivity index (χ0n) is 28.8. The van der Waals surface area contributed by atoms with Gasteiger partial charge in [0.1, 0.15) is 5.82 Å². The van der Waals surface area contributed by atoms with Crippen molar-refractivity contribution in [2.24, 2.45) is 0 Å². The van der Waals surface area contributed by atoms with Gasteiger partial charge in [0.15, 0.2) is 0 Å². The Labute approximate surface area is 300 Å². The van der Waals surface area contributed by atoms with Gasteiger partial charge in [-0.2, -0.15) is 0 Å². The molecule has 0 fully saturated rings. The molecule has 7 aromatic carbocycles. The van der Waals surface area contributed by atoms with E-state index in [1.807, 2.05) is 11.3 Å². The molecular weight excluding hydrogens is 639 g/mol. The molecule has 0 spiro atoms. The van der Waals surface area contributed by atoms with Crippen LogP contribution in [0.1, 0.15) is 26.3 Å². The first kappa shape index (κ1) is 29.9. The fourth-order valence-corrected chi connectivity index (χ4v) is 8.96. The van der Waals surface area contributed by atoms with Crippen LogP contribution >= 0.6 is 11.3 Å².